The maximum Gasteiger partial charge on any atom is 0.0704 e. The maximum atomic E-state index is 9.36. The molecule has 84 valence electrons. The molecule has 3 heteroatoms. The first-order valence-electron chi connectivity index (χ1n) is 5.21. The monoisotopic (exact) mass is 225 g/mol. The molecular weight excluding hydrogens is 206 g/mol. The number of rotatable bonds is 4. The van der Waals surface area contributed by atoms with Gasteiger partial charge in [0.15, 0.2) is 0 Å². The summed E-state index contributed by atoms with van der Waals surface area (Å²) in [7, 11) is 0. The highest BCUT2D eigenvalue weighted by Crippen LogP contribution is 2.24. The summed E-state index contributed by atoms with van der Waals surface area (Å²) in [4.78, 5) is 1.24. The number of hydrogen-bond donors (Lipinski definition) is 2. The highest BCUT2D eigenvalue weighted by molar-refractivity contribution is 7.99. The zero-order chi connectivity index (χ0) is 11.4. The van der Waals surface area contributed by atoms with Crippen LogP contribution in [0.5, 0.6) is 0 Å². The third-order valence-electron chi connectivity index (χ3n) is 2.16. The van der Waals surface area contributed by atoms with Gasteiger partial charge >= 0.3 is 0 Å². The first-order valence-corrected chi connectivity index (χ1v) is 6.09. The Labute approximate surface area is 95.9 Å². The Morgan fingerprint density at radius 1 is 1.13 bits per heavy atom. The number of aliphatic hydroxyl groups excluding tert-OH is 1. The van der Waals surface area contributed by atoms with E-state index in [4.69, 9.17) is 5.73 Å². The van der Waals surface area contributed by atoms with E-state index in [0.717, 1.165) is 5.56 Å². The van der Waals surface area contributed by atoms with Gasteiger partial charge in [0.05, 0.1) is 12.1 Å². The van der Waals surface area contributed by atoms with Gasteiger partial charge in [-0.05, 0) is 24.6 Å². The molecule has 0 aromatic heterocycles. The zero-order valence-corrected chi connectivity index (χ0v) is 10.3. The molecule has 0 heterocycles. The van der Waals surface area contributed by atoms with Gasteiger partial charge in [-0.3, -0.25) is 0 Å². The number of thioether (sulfide) groups is 1. The highest BCUT2D eigenvalue weighted by Gasteiger charge is 2.11. The predicted octanol–water partition coefficient (Wildman–Crippen LogP) is 2.57. The third kappa shape index (κ3) is 3.86. The van der Waals surface area contributed by atoms with Gasteiger partial charge in [-0.25, -0.2) is 0 Å². The van der Waals surface area contributed by atoms with Gasteiger partial charge in [-0.1, -0.05) is 26.0 Å². The Morgan fingerprint density at radius 2 is 1.67 bits per heavy atom. The molecule has 0 bridgehead atoms. The van der Waals surface area contributed by atoms with E-state index in [9.17, 15) is 5.11 Å². The molecule has 3 N–H and O–H groups in total. The second-order valence-electron chi connectivity index (χ2n) is 4.00. The molecule has 0 aliphatic rings. The smallest absolute Gasteiger partial charge is 0.0704 e. The minimum atomic E-state index is -0.506. The molecule has 1 aromatic carbocycles. The summed E-state index contributed by atoms with van der Waals surface area (Å²) in [5.41, 5.74) is 6.82. The van der Waals surface area contributed by atoms with Crippen molar-refractivity contribution in [2.75, 3.05) is 0 Å². The van der Waals surface area contributed by atoms with E-state index in [1.54, 1.807) is 6.92 Å². The van der Waals surface area contributed by atoms with Gasteiger partial charge in [0.25, 0.3) is 0 Å². The molecule has 0 aliphatic heterocycles. The third-order valence-corrected chi connectivity index (χ3v) is 3.17. The lowest BCUT2D eigenvalue weighted by Crippen LogP contribution is -2.22. The fourth-order valence-corrected chi connectivity index (χ4v) is 2.16. The number of aliphatic hydroxyl groups is 1. The molecule has 0 fully saturated rings. The highest BCUT2D eigenvalue weighted by atomic mass is 32.2. The van der Waals surface area contributed by atoms with Crippen molar-refractivity contribution in [2.24, 2.45) is 5.73 Å². The fourth-order valence-electron chi connectivity index (χ4n) is 1.32. The summed E-state index contributed by atoms with van der Waals surface area (Å²) >= 11 is 1.82. The van der Waals surface area contributed by atoms with E-state index in [0.29, 0.717) is 5.25 Å². The van der Waals surface area contributed by atoms with E-state index in [1.807, 2.05) is 23.9 Å². The SMILES string of the molecule is CC(C)Sc1ccc(C(N)C(C)O)cc1. The molecule has 0 spiro atoms. The first-order chi connectivity index (χ1) is 7.00. The van der Waals surface area contributed by atoms with Crippen molar-refractivity contribution < 1.29 is 5.11 Å². The summed E-state index contributed by atoms with van der Waals surface area (Å²) in [5.74, 6) is 0. The lowest BCUT2D eigenvalue weighted by atomic mass is 10.0. The number of hydrogen-bond acceptors (Lipinski definition) is 3. The Hall–Kier alpha value is -0.510. The van der Waals surface area contributed by atoms with Gasteiger partial charge in [0.1, 0.15) is 0 Å². The molecule has 0 amide bonds. The topological polar surface area (TPSA) is 46.2 Å². The quantitative estimate of drug-likeness (QED) is 0.774. The summed E-state index contributed by atoms with van der Waals surface area (Å²) in [6.07, 6.45) is -0.506. The number of benzene rings is 1. The van der Waals surface area contributed by atoms with E-state index < -0.39 is 6.10 Å². The number of nitrogens with two attached hydrogens (primary N) is 1. The average molecular weight is 225 g/mol. The average Bonchev–Trinajstić information content (AvgIpc) is 2.17. The van der Waals surface area contributed by atoms with Crippen molar-refractivity contribution in [3.63, 3.8) is 0 Å². The molecule has 0 saturated heterocycles. The summed E-state index contributed by atoms with van der Waals surface area (Å²) < 4.78 is 0. The van der Waals surface area contributed by atoms with E-state index >= 15 is 0 Å². The Morgan fingerprint density at radius 3 is 2.07 bits per heavy atom. The summed E-state index contributed by atoms with van der Waals surface area (Å²) in [6, 6.07) is 7.80. The van der Waals surface area contributed by atoms with Crippen LogP contribution < -0.4 is 5.73 Å². The van der Waals surface area contributed by atoms with Gasteiger partial charge in [-0.2, -0.15) is 0 Å². The van der Waals surface area contributed by atoms with Crippen molar-refractivity contribution in [3.05, 3.63) is 29.8 Å². The minimum absolute atomic E-state index is 0.289. The molecule has 2 atom stereocenters. The van der Waals surface area contributed by atoms with Crippen LogP contribution >= 0.6 is 11.8 Å². The second kappa shape index (κ2) is 5.54. The van der Waals surface area contributed by atoms with Crippen LogP contribution in [0.3, 0.4) is 0 Å². The van der Waals surface area contributed by atoms with Crippen LogP contribution in [0.1, 0.15) is 32.4 Å². The van der Waals surface area contributed by atoms with Crippen molar-refractivity contribution >= 4 is 11.8 Å². The van der Waals surface area contributed by atoms with Crippen LogP contribution in [0.4, 0.5) is 0 Å². The Bertz CT molecular complexity index is 295. The predicted molar refractivity (Wildman–Crippen MR) is 66.0 cm³/mol. The van der Waals surface area contributed by atoms with E-state index in [-0.39, 0.29) is 6.04 Å². The van der Waals surface area contributed by atoms with Crippen molar-refractivity contribution in [2.45, 2.75) is 43.1 Å². The van der Waals surface area contributed by atoms with Gasteiger partial charge in [0.2, 0.25) is 0 Å². The standard InChI is InChI=1S/C12H19NOS/c1-8(2)15-11-6-4-10(5-7-11)12(13)9(3)14/h4-9,12,14H,13H2,1-3H3. The van der Waals surface area contributed by atoms with Crippen molar-refractivity contribution in [1.29, 1.82) is 0 Å². The van der Waals surface area contributed by atoms with Crippen LogP contribution in [0.15, 0.2) is 29.2 Å². The van der Waals surface area contributed by atoms with Gasteiger partial charge in [0, 0.05) is 10.1 Å². The molecule has 2 nitrogen and oxygen atoms in total. The molecule has 0 radical (unpaired) electrons. The minimum Gasteiger partial charge on any atom is -0.391 e. The molecule has 0 aliphatic carbocycles. The summed E-state index contributed by atoms with van der Waals surface area (Å²) in [5, 5.41) is 9.94. The molecule has 1 aromatic rings. The van der Waals surface area contributed by atoms with E-state index in [2.05, 4.69) is 26.0 Å². The van der Waals surface area contributed by atoms with Crippen LogP contribution in [-0.2, 0) is 0 Å². The van der Waals surface area contributed by atoms with Gasteiger partial charge in [-0.15, -0.1) is 11.8 Å². The van der Waals surface area contributed by atoms with Crippen LogP contribution in [0.25, 0.3) is 0 Å². The first kappa shape index (κ1) is 12.6. The molecule has 0 saturated carbocycles. The molecule has 1 rings (SSSR count). The lowest BCUT2D eigenvalue weighted by molar-refractivity contribution is 0.164. The summed E-state index contributed by atoms with van der Waals surface area (Å²) in [6.45, 7) is 6.04. The maximum absolute atomic E-state index is 9.36. The Kier molecular flexibility index (Phi) is 4.64. The van der Waals surface area contributed by atoms with E-state index in [1.165, 1.54) is 4.90 Å². The normalized spacial score (nSPS) is 15.3. The fraction of sp³-hybridized carbons (Fsp3) is 0.500. The van der Waals surface area contributed by atoms with Crippen LogP contribution in [0, 0.1) is 0 Å². The lowest BCUT2D eigenvalue weighted by Gasteiger charge is -2.15. The second-order valence-corrected chi connectivity index (χ2v) is 5.65. The molecule has 2 unspecified atom stereocenters. The zero-order valence-electron chi connectivity index (χ0n) is 9.47. The Balaban J connectivity index is 2.72. The van der Waals surface area contributed by atoms with Gasteiger partial charge < -0.3 is 10.8 Å². The van der Waals surface area contributed by atoms with Crippen molar-refractivity contribution in [3.8, 4) is 0 Å². The largest absolute Gasteiger partial charge is 0.391 e. The van der Waals surface area contributed by atoms with Crippen molar-refractivity contribution in [1.82, 2.24) is 0 Å². The molecular formula is C12H19NOS. The van der Waals surface area contributed by atoms with Crippen LogP contribution in [0.2, 0.25) is 0 Å². The van der Waals surface area contributed by atoms with Crippen LogP contribution in [-0.4, -0.2) is 16.5 Å². The molecule has 15 heavy (non-hydrogen) atoms.